The number of amides is 1. The molecule has 1 amide bonds. The first kappa shape index (κ1) is 17.8. The molecule has 1 saturated heterocycles. The normalized spacial score (nSPS) is 15.7. The molecule has 0 aliphatic carbocycles. The number of piperazine rings is 1. The number of unbranched alkanes of at least 4 members (excludes halogenated alkanes) is 4. The van der Waals surface area contributed by atoms with Crippen LogP contribution < -0.4 is 10.2 Å². The number of benzene rings is 1. The maximum Gasteiger partial charge on any atom is 0.224 e. The van der Waals surface area contributed by atoms with Gasteiger partial charge in [0.1, 0.15) is 0 Å². The SMILES string of the molecule is CCCCCCCC(=O)Nc1ccc(N2CCN(C)CC2)cc1. The first-order valence-electron chi connectivity index (χ1n) is 9.02. The van der Waals surface area contributed by atoms with Gasteiger partial charge in [-0.1, -0.05) is 32.6 Å². The summed E-state index contributed by atoms with van der Waals surface area (Å²) >= 11 is 0. The number of hydrogen-bond donors (Lipinski definition) is 1. The second kappa shape index (κ2) is 9.56. The Morgan fingerprint density at radius 1 is 1.00 bits per heavy atom. The van der Waals surface area contributed by atoms with Crippen LogP contribution in [0.3, 0.4) is 0 Å². The van der Waals surface area contributed by atoms with Crippen LogP contribution in [0.5, 0.6) is 0 Å². The van der Waals surface area contributed by atoms with Crippen LogP contribution in [-0.2, 0) is 4.79 Å². The van der Waals surface area contributed by atoms with E-state index in [0.29, 0.717) is 6.42 Å². The molecule has 0 atom stereocenters. The standard InChI is InChI=1S/C19H31N3O/c1-3-4-5-6-7-8-19(23)20-17-9-11-18(12-10-17)22-15-13-21(2)14-16-22/h9-12H,3-8,13-16H2,1-2H3,(H,20,23). The lowest BCUT2D eigenvalue weighted by atomic mass is 10.1. The van der Waals surface area contributed by atoms with E-state index in [4.69, 9.17) is 0 Å². The Kier molecular flexibility index (Phi) is 7.40. The summed E-state index contributed by atoms with van der Waals surface area (Å²) in [6, 6.07) is 8.26. The van der Waals surface area contributed by atoms with E-state index in [-0.39, 0.29) is 5.91 Å². The fourth-order valence-corrected chi connectivity index (χ4v) is 2.93. The molecule has 1 heterocycles. The van der Waals surface area contributed by atoms with Gasteiger partial charge in [0.05, 0.1) is 0 Å². The maximum absolute atomic E-state index is 11.9. The Morgan fingerprint density at radius 2 is 1.65 bits per heavy atom. The van der Waals surface area contributed by atoms with Crippen molar-refractivity contribution in [2.75, 3.05) is 43.4 Å². The summed E-state index contributed by atoms with van der Waals surface area (Å²) in [6.07, 6.45) is 6.53. The third-order valence-electron chi connectivity index (χ3n) is 4.53. The maximum atomic E-state index is 11.9. The molecule has 0 spiro atoms. The van der Waals surface area contributed by atoms with Crippen LogP contribution in [0.25, 0.3) is 0 Å². The number of nitrogens with one attached hydrogen (secondary N) is 1. The molecule has 0 aromatic heterocycles. The first-order chi connectivity index (χ1) is 11.2. The van der Waals surface area contributed by atoms with Crippen LogP contribution in [0.4, 0.5) is 11.4 Å². The van der Waals surface area contributed by atoms with Crippen molar-refractivity contribution in [3.63, 3.8) is 0 Å². The van der Waals surface area contributed by atoms with Crippen LogP contribution in [0, 0.1) is 0 Å². The van der Waals surface area contributed by atoms with Gasteiger partial charge >= 0.3 is 0 Å². The van der Waals surface area contributed by atoms with E-state index < -0.39 is 0 Å². The third-order valence-corrected chi connectivity index (χ3v) is 4.53. The summed E-state index contributed by atoms with van der Waals surface area (Å²) in [5.41, 5.74) is 2.15. The van der Waals surface area contributed by atoms with Gasteiger partial charge in [-0.3, -0.25) is 4.79 Å². The van der Waals surface area contributed by atoms with Gasteiger partial charge in [0.2, 0.25) is 5.91 Å². The lowest BCUT2D eigenvalue weighted by Crippen LogP contribution is -2.44. The van der Waals surface area contributed by atoms with Crippen molar-refractivity contribution in [2.45, 2.75) is 45.4 Å². The average molecular weight is 317 g/mol. The number of carbonyl (C=O) groups is 1. The first-order valence-corrected chi connectivity index (χ1v) is 9.02. The second-order valence-corrected chi connectivity index (χ2v) is 6.55. The molecule has 1 aliphatic heterocycles. The summed E-state index contributed by atoms with van der Waals surface area (Å²) in [5, 5.41) is 3.00. The van der Waals surface area contributed by atoms with Gasteiger partial charge in [-0.15, -0.1) is 0 Å². The largest absolute Gasteiger partial charge is 0.369 e. The van der Waals surface area contributed by atoms with Crippen molar-refractivity contribution in [1.29, 1.82) is 0 Å². The Balaban J connectivity index is 1.73. The zero-order valence-electron chi connectivity index (χ0n) is 14.7. The van der Waals surface area contributed by atoms with Gasteiger partial charge in [-0.2, -0.15) is 0 Å². The Bertz CT molecular complexity index is 464. The molecule has 0 unspecified atom stereocenters. The Labute approximate surface area is 140 Å². The topological polar surface area (TPSA) is 35.6 Å². The molecule has 1 aromatic carbocycles. The van der Waals surface area contributed by atoms with E-state index in [2.05, 4.69) is 41.2 Å². The Morgan fingerprint density at radius 3 is 2.30 bits per heavy atom. The number of likely N-dealkylation sites (N-methyl/N-ethyl adjacent to an activating group) is 1. The van der Waals surface area contributed by atoms with Gasteiger partial charge in [0.15, 0.2) is 0 Å². The van der Waals surface area contributed by atoms with Gasteiger partial charge in [0, 0.05) is 44.0 Å². The van der Waals surface area contributed by atoms with Crippen molar-refractivity contribution in [3.05, 3.63) is 24.3 Å². The summed E-state index contributed by atoms with van der Waals surface area (Å²) in [6.45, 7) is 6.56. The monoisotopic (exact) mass is 317 g/mol. The summed E-state index contributed by atoms with van der Waals surface area (Å²) in [4.78, 5) is 16.7. The smallest absolute Gasteiger partial charge is 0.224 e. The third kappa shape index (κ3) is 6.22. The number of rotatable bonds is 8. The molecule has 1 aliphatic rings. The second-order valence-electron chi connectivity index (χ2n) is 6.55. The number of nitrogens with zero attached hydrogens (tertiary/aromatic N) is 2. The molecule has 2 rings (SSSR count). The molecule has 128 valence electrons. The number of anilines is 2. The molecule has 4 nitrogen and oxygen atoms in total. The van der Waals surface area contributed by atoms with E-state index in [9.17, 15) is 4.79 Å². The predicted molar refractivity (Wildman–Crippen MR) is 98.2 cm³/mol. The summed E-state index contributed by atoms with van der Waals surface area (Å²) in [7, 11) is 2.16. The molecule has 23 heavy (non-hydrogen) atoms. The Hall–Kier alpha value is -1.55. The van der Waals surface area contributed by atoms with E-state index >= 15 is 0 Å². The summed E-state index contributed by atoms with van der Waals surface area (Å²) in [5.74, 6) is 0.133. The summed E-state index contributed by atoms with van der Waals surface area (Å²) < 4.78 is 0. The molecule has 1 aromatic rings. The zero-order valence-corrected chi connectivity index (χ0v) is 14.7. The molecule has 0 saturated carbocycles. The van der Waals surface area contributed by atoms with E-state index in [1.54, 1.807) is 0 Å². The van der Waals surface area contributed by atoms with Crippen molar-refractivity contribution in [1.82, 2.24) is 4.90 Å². The average Bonchev–Trinajstić information content (AvgIpc) is 2.56. The highest BCUT2D eigenvalue weighted by Crippen LogP contribution is 2.19. The van der Waals surface area contributed by atoms with Gasteiger partial charge in [0.25, 0.3) is 0 Å². The molecule has 1 fully saturated rings. The fraction of sp³-hybridized carbons (Fsp3) is 0.632. The van der Waals surface area contributed by atoms with Crippen LogP contribution >= 0.6 is 0 Å². The fourth-order valence-electron chi connectivity index (χ4n) is 2.93. The highest BCUT2D eigenvalue weighted by Gasteiger charge is 2.14. The molecular formula is C19H31N3O. The van der Waals surface area contributed by atoms with Crippen molar-refractivity contribution < 1.29 is 4.79 Å². The quantitative estimate of drug-likeness (QED) is 0.742. The van der Waals surface area contributed by atoms with E-state index in [1.165, 1.54) is 24.9 Å². The minimum absolute atomic E-state index is 0.133. The zero-order chi connectivity index (χ0) is 16.5. The highest BCUT2D eigenvalue weighted by atomic mass is 16.1. The minimum atomic E-state index is 0.133. The van der Waals surface area contributed by atoms with E-state index in [0.717, 1.165) is 44.7 Å². The molecule has 4 heteroatoms. The van der Waals surface area contributed by atoms with Crippen LogP contribution in [0.15, 0.2) is 24.3 Å². The van der Waals surface area contributed by atoms with Crippen molar-refractivity contribution in [3.8, 4) is 0 Å². The van der Waals surface area contributed by atoms with Crippen LogP contribution in [0.1, 0.15) is 45.4 Å². The molecule has 1 N–H and O–H groups in total. The molecular weight excluding hydrogens is 286 g/mol. The van der Waals surface area contributed by atoms with E-state index in [1.807, 2.05) is 12.1 Å². The lowest BCUT2D eigenvalue weighted by molar-refractivity contribution is -0.116. The number of carbonyl (C=O) groups excluding carboxylic acids is 1. The van der Waals surface area contributed by atoms with Crippen molar-refractivity contribution in [2.24, 2.45) is 0 Å². The van der Waals surface area contributed by atoms with Crippen LogP contribution in [0.2, 0.25) is 0 Å². The highest BCUT2D eigenvalue weighted by molar-refractivity contribution is 5.90. The number of hydrogen-bond acceptors (Lipinski definition) is 3. The van der Waals surface area contributed by atoms with Gasteiger partial charge in [-0.05, 0) is 37.7 Å². The predicted octanol–water partition coefficient (Wildman–Crippen LogP) is 3.74. The van der Waals surface area contributed by atoms with Gasteiger partial charge < -0.3 is 15.1 Å². The minimum Gasteiger partial charge on any atom is -0.369 e. The van der Waals surface area contributed by atoms with Gasteiger partial charge in [-0.25, -0.2) is 0 Å². The van der Waals surface area contributed by atoms with Crippen molar-refractivity contribution >= 4 is 17.3 Å². The van der Waals surface area contributed by atoms with Crippen LogP contribution in [-0.4, -0.2) is 44.0 Å². The molecule has 0 radical (unpaired) electrons. The molecule has 0 bridgehead atoms. The lowest BCUT2D eigenvalue weighted by Gasteiger charge is -2.34.